The predicted octanol–water partition coefficient (Wildman–Crippen LogP) is 0.355. The van der Waals surface area contributed by atoms with Gasteiger partial charge < -0.3 is 4.74 Å². The largest absolute Gasteiger partial charge is 0.466 e. The fourth-order valence-corrected chi connectivity index (χ4v) is 0.174. The van der Waals surface area contributed by atoms with E-state index < -0.39 is 0 Å². The number of methoxy groups -OCH3 is 1. The molecule has 0 aromatic rings. The van der Waals surface area contributed by atoms with Gasteiger partial charge in [-0.3, -0.25) is 0 Å². The van der Waals surface area contributed by atoms with Crippen LogP contribution in [0.15, 0.2) is 12.2 Å². The summed E-state index contributed by atoms with van der Waals surface area (Å²) in [5.41, 5.74) is 0.433. The first kappa shape index (κ1) is 10.4. The van der Waals surface area contributed by atoms with Gasteiger partial charge in [-0.1, -0.05) is 6.58 Å². The second-order valence-corrected chi connectivity index (χ2v) is 1.27. The minimum absolute atomic E-state index is 0. The van der Waals surface area contributed by atoms with Crippen LogP contribution in [0.25, 0.3) is 0 Å². The van der Waals surface area contributed by atoms with E-state index in [1.165, 1.54) is 7.11 Å². The third kappa shape index (κ3) is 3.61. The number of carbonyl (C=O) groups excluding carboxylic acids is 1. The van der Waals surface area contributed by atoms with Crippen LogP contribution in [0.4, 0.5) is 0 Å². The lowest BCUT2D eigenvalue weighted by atomic mass is 10.4. The van der Waals surface area contributed by atoms with E-state index in [4.69, 9.17) is 0 Å². The molecule has 0 saturated carbocycles. The van der Waals surface area contributed by atoms with Gasteiger partial charge in [-0.05, 0) is 6.92 Å². The average molecular weight is 128 g/mol. The van der Waals surface area contributed by atoms with E-state index in [-0.39, 0.29) is 16.9 Å². The highest BCUT2D eigenvalue weighted by molar-refractivity contribution is 5.86. The molecule has 2 nitrogen and oxygen atoms in total. The van der Waals surface area contributed by atoms with Gasteiger partial charge >= 0.3 is 5.97 Å². The SMILES string of the molecule is C=C(C)C(=O)OC.[Si]. The van der Waals surface area contributed by atoms with Gasteiger partial charge in [0.15, 0.2) is 0 Å². The zero-order chi connectivity index (χ0) is 5.86. The Labute approximate surface area is 53.6 Å². The summed E-state index contributed by atoms with van der Waals surface area (Å²) >= 11 is 0. The van der Waals surface area contributed by atoms with Gasteiger partial charge in [-0.25, -0.2) is 4.79 Å². The van der Waals surface area contributed by atoms with E-state index in [9.17, 15) is 4.79 Å². The fourth-order valence-electron chi connectivity index (χ4n) is 0.174. The molecular weight excluding hydrogens is 120 g/mol. The quantitative estimate of drug-likeness (QED) is 0.289. The van der Waals surface area contributed by atoms with E-state index in [1.54, 1.807) is 6.92 Å². The monoisotopic (exact) mass is 128 g/mol. The first-order valence-corrected chi connectivity index (χ1v) is 1.92. The van der Waals surface area contributed by atoms with Crippen molar-refractivity contribution in [3.63, 3.8) is 0 Å². The smallest absolute Gasteiger partial charge is 0.332 e. The molecule has 0 spiro atoms. The zero-order valence-corrected chi connectivity index (χ0v) is 6.02. The van der Waals surface area contributed by atoms with Gasteiger partial charge in [0.05, 0.1) is 7.11 Å². The van der Waals surface area contributed by atoms with Crippen LogP contribution < -0.4 is 0 Å². The van der Waals surface area contributed by atoms with Crippen LogP contribution in [0.3, 0.4) is 0 Å². The molecule has 0 aliphatic heterocycles. The van der Waals surface area contributed by atoms with Crippen LogP contribution in [0, 0.1) is 0 Å². The van der Waals surface area contributed by atoms with E-state index in [0.717, 1.165) is 0 Å². The van der Waals surface area contributed by atoms with Crippen molar-refractivity contribution in [2.75, 3.05) is 7.11 Å². The molecular formula is C5H8O2Si. The van der Waals surface area contributed by atoms with Gasteiger partial charge in [-0.15, -0.1) is 0 Å². The van der Waals surface area contributed by atoms with Crippen LogP contribution in [0.5, 0.6) is 0 Å². The molecule has 0 aliphatic carbocycles. The molecule has 0 bridgehead atoms. The normalized spacial score (nSPS) is 6.75. The lowest BCUT2D eigenvalue weighted by Gasteiger charge is -1.91. The number of carbonyl (C=O) groups is 1. The van der Waals surface area contributed by atoms with E-state index >= 15 is 0 Å². The van der Waals surface area contributed by atoms with Gasteiger partial charge in [0.2, 0.25) is 0 Å². The number of hydrogen-bond acceptors (Lipinski definition) is 2. The fraction of sp³-hybridized carbons (Fsp3) is 0.400. The second kappa shape index (κ2) is 4.58. The highest BCUT2D eigenvalue weighted by atomic mass is 28.1. The predicted molar refractivity (Wildman–Crippen MR) is 32.6 cm³/mol. The van der Waals surface area contributed by atoms with Gasteiger partial charge in [0, 0.05) is 16.5 Å². The Hall–Kier alpha value is -0.573. The number of esters is 1. The third-order valence-corrected chi connectivity index (χ3v) is 0.534. The van der Waals surface area contributed by atoms with Crippen LogP contribution in [-0.4, -0.2) is 24.0 Å². The maximum atomic E-state index is 10.2. The van der Waals surface area contributed by atoms with Crippen LogP contribution in [0.2, 0.25) is 0 Å². The minimum Gasteiger partial charge on any atom is -0.466 e. The second-order valence-electron chi connectivity index (χ2n) is 1.27. The van der Waals surface area contributed by atoms with Crippen molar-refractivity contribution >= 4 is 16.9 Å². The number of hydrogen-bond donors (Lipinski definition) is 0. The van der Waals surface area contributed by atoms with E-state index in [2.05, 4.69) is 11.3 Å². The first-order valence-electron chi connectivity index (χ1n) is 1.92. The summed E-state index contributed by atoms with van der Waals surface area (Å²) in [6.45, 7) is 4.95. The number of ether oxygens (including phenoxy) is 1. The minimum atomic E-state index is -0.347. The Morgan fingerprint density at radius 2 is 2.00 bits per heavy atom. The molecule has 0 rings (SSSR count). The lowest BCUT2D eigenvalue weighted by molar-refractivity contribution is -0.135. The molecule has 0 aliphatic rings. The maximum Gasteiger partial charge on any atom is 0.332 e. The summed E-state index contributed by atoms with van der Waals surface area (Å²) < 4.78 is 4.27. The van der Waals surface area contributed by atoms with Crippen molar-refractivity contribution < 1.29 is 9.53 Å². The van der Waals surface area contributed by atoms with Crippen molar-refractivity contribution in [2.45, 2.75) is 6.92 Å². The molecule has 0 aromatic heterocycles. The highest BCUT2D eigenvalue weighted by Gasteiger charge is 1.95. The van der Waals surface area contributed by atoms with Crippen LogP contribution in [0.1, 0.15) is 6.92 Å². The molecule has 0 amide bonds. The molecule has 0 heterocycles. The molecule has 0 aromatic carbocycles. The van der Waals surface area contributed by atoms with Crippen molar-refractivity contribution in [2.24, 2.45) is 0 Å². The highest BCUT2D eigenvalue weighted by Crippen LogP contribution is 1.87. The van der Waals surface area contributed by atoms with Gasteiger partial charge in [0.25, 0.3) is 0 Å². The van der Waals surface area contributed by atoms with Crippen LogP contribution >= 0.6 is 0 Å². The molecule has 0 N–H and O–H groups in total. The summed E-state index contributed by atoms with van der Waals surface area (Å²) in [5, 5.41) is 0. The third-order valence-electron chi connectivity index (χ3n) is 0.534. The zero-order valence-electron chi connectivity index (χ0n) is 5.02. The Balaban J connectivity index is 0. The molecule has 4 radical (unpaired) electrons. The topological polar surface area (TPSA) is 26.3 Å². The molecule has 44 valence electrons. The Bertz CT molecular complexity index is 98.6. The van der Waals surface area contributed by atoms with Crippen molar-refractivity contribution in [1.82, 2.24) is 0 Å². The first-order chi connectivity index (χ1) is 3.18. The average Bonchev–Trinajstić information content (AvgIpc) is 1.65. The van der Waals surface area contributed by atoms with Crippen LogP contribution in [-0.2, 0) is 9.53 Å². The Morgan fingerprint density at radius 1 is 1.62 bits per heavy atom. The van der Waals surface area contributed by atoms with Crippen molar-refractivity contribution in [3.8, 4) is 0 Å². The molecule has 0 saturated heterocycles. The standard InChI is InChI=1S/C5H8O2.Si/c1-4(2)5(6)7-3;/h1H2,2-3H3;. The Morgan fingerprint density at radius 3 is 2.00 bits per heavy atom. The lowest BCUT2D eigenvalue weighted by Crippen LogP contribution is -1.98. The number of rotatable bonds is 1. The maximum absolute atomic E-state index is 10.2. The summed E-state index contributed by atoms with van der Waals surface area (Å²) in [7, 11) is 1.33. The molecule has 0 unspecified atom stereocenters. The van der Waals surface area contributed by atoms with E-state index in [0.29, 0.717) is 5.57 Å². The molecule has 0 atom stereocenters. The summed E-state index contributed by atoms with van der Waals surface area (Å²) in [6.07, 6.45) is 0. The van der Waals surface area contributed by atoms with Crippen molar-refractivity contribution in [3.05, 3.63) is 12.2 Å². The molecule has 0 fully saturated rings. The summed E-state index contributed by atoms with van der Waals surface area (Å²) in [4.78, 5) is 10.2. The summed E-state index contributed by atoms with van der Waals surface area (Å²) in [6, 6.07) is 0. The summed E-state index contributed by atoms with van der Waals surface area (Å²) in [5.74, 6) is -0.347. The van der Waals surface area contributed by atoms with Crippen molar-refractivity contribution in [1.29, 1.82) is 0 Å². The van der Waals surface area contributed by atoms with E-state index in [1.807, 2.05) is 0 Å². The molecule has 8 heavy (non-hydrogen) atoms. The molecule has 3 heteroatoms. The van der Waals surface area contributed by atoms with Gasteiger partial charge in [-0.2, -0.15) is 0 Å². The van der Waals surface area contributed by atoms with Gasteiger partial charge in [0.1, 0.15) is 0 Å². The Kier molecular flexibility index (Phi) is 5.97.